The topological polar surface area (TPSA) is 87.3 Å². The zero-order valence-corrected chi connectivity index (χ0v) is 16.8. The second kappa shape index (κ2) is 9.12. The average Bonchev–Trinajstić information content (AvgIpc) is 2.67. The lowest BCUT2D eigenvalue weighted by Gasteiger charge is -2.23. The molecular formula is C20H20ClN3O3S. The van der Waals surface area contributed by atoms with E-state index in [1.807, 2.05) is 19.1 Å². The van der Waals surface area contributed by atoms with Crippen molar-refractivity contribution in [2.45, 2.75) is 30.0 Å². The summed E-state index contributed by atoms with van der Waals surface area (Å²) < 4.78 is 0. The van der Waals surface area contributed by atoms with E-state index in [9.17, 15) is 14.4 Å². The van der Waals surface area contributed by atoms with Crippen molar-refractivity contribution in [3.8, 4) is 0 Å². The van der Waals surface area contributed by atoms with Gasteiger partial charge in [-0.05, 0) is 42.8 Å². The lowest BCUT2D eigenvalue weighted by molar-refractivity contribution is -0.124. The Hall–Kier alpha value is -2.51. The molecule has 2 aromatic rings. The van der Waals surface area contributed by atoms with Gasteiger partial charge in [-0.25, -0.2) is 0 Å². The summed E-state index contributed by atoms with van der Waals surface area (Å²) in [6.07, 6.45) is 0.0641. The van der Waals surface area contributed by atoms with Crippen molar-refractivity contribution in [3.05, 3.63) is 58.6 Å². The van der Waals surface area contributed by atoms with Crippen LogP contribution in [0.4, 0.5) is 5.69 Å². The molecule has 0 saturated heterocycles. The fraction of sp³-hybridized carbons (Fsp3) is 0.250. The molecule has 0 bridgehead atoms. The van der Waals surface area contributed by atoms with Crippen molar-refractivity contribution in [3.63, 3.8) is 0 Å². The second-order valence-corrected chi connectivity index (χ2v) is 7.96. The van der Waals surface area contributed by atoms with E-state index >= 15 is 0 Å². The van der Waals surface area contributed by atoms with Crippen LogP contribution in [0, 0.1) is 0 Å². The van der Waals surface area contributed by atoms with Crippen LogP contribution in [0.2, 0.25) is 5.02 Å². The molecule has 3 N–H and O–H groups in total. The van der Waals surface area contributed by atoms with Gasteiger partial charge in [-0.2, -0.15) is 0 Å². The minimum absolute atomic E-state index is 0.0641. The molecule has 8 heteroatoms. The van der Waals surface area contributed by atoms with Gasteiger partial charge >= 0.3 is 0 Å². The fourth-order valence-corrected chi connectivity index (χ4v) is 4.05. The molecular weight excluding hydrogens is 398 g/mol. The Bertz CT molecular complexity index is 919. The number of benzene rings is 2. The minimum Gasteiger partial charge on any atom is -0.352 e. The summed E-state index contributed by atoms with van der Waals surface area (Å²) in [4.78, 5) is 37.4. The summed E-state index contributed by atoms with van der Waals surface area (Å²) in [5.41, 5.74) is 2.03. The van der Waals surface area contributed by atoms with E-state index < -0.39 is 5.25 Å². The van der Waals surface area contributed by atoms with Crippen LogP contribution in [0.25, 0.3) is 0 Å². The number of rotatable bonds is 6. The number of nitrogens with one attached hydrogen (secondary N) is 3. The Morgan fingerprint density at radius 1 is 1.18 bits per heavy atom. The Kier molecular flexibility index (Phi) is 6.59. The largest absolute Gasteiger partial charge is 0.352 e. The Balaban J connectivity index is 1.56. The van der Waals surface area contributed by atoms with E-state index in [4.69, 9.17) is 11.6 Å². The third kappa shape index (κ3) is 5.05. The number of hydrogen-bond acceptors (Lipinski definition) is 4. The van der Waals surface area contributed by atoms with Crippen LogP contribution in [0.5, 0.6) is 0 Å². The van der Waals surface area contributed by atoms with E-state index in [1.165, 1.54) is 11.8 Å². The first-order valence-electron chi connectivity index (χ1n) is 8.87. The molecule has 1 aliphatic rings. The monoisotopic (exact) mass is 417 g/mol. The van der Waals surface area contributed by atoms with Crippen molar-refractivity contribution in [2.75, 3.05) is 11.9 Å². The molecule has 3 rings (SSSR count). The van der Waals surface area contributed by atoms with Crippen LogP contribution >= 0.6 is 23.4 Å². The fourth-order valence-electron chi connectivity index (χ4n) is 2.78. The lowest BCUT2D eigenvalue weighted by atomic mass is 10.1. The summed E-state index contributed by atoms with van der Waals surface area (Å²) in [5, 5.41) is 8.39. The van der Waals surface area contributed by atoms with E-state index in [2.05, 4.69) is 16.0 Å². The number of hydrogen-bond donors (Lipinski definition) is 3. The van der Waals surface area contributed by atoms with Crippen molar-refractivity contribution >= 4 is 46.8 Å². The van der Waals surface area contributed by atoms with Crippen LogP contribution in [-0.4, -0.2) is 29.5 Å². The number of halogens is 1. The van der Waals surface area contributed by atoms with Gasteiger partial charge < -0.3 is 16.0 Å². The summed E-state index contributed by atoms with van der Waals surface area (Å²) >= 11 is 7.29. The molecule has 146 valence electrons. The highest BCUT2D eigenvalue weighted by atomic mass is 35.5. The highest BCUT2D eigenvalue weighted by molar-refractivity contribution is 8.01. The van der Waals surface area contributed by atoms with Crippen LogP contribution in [0.1, 0.15) is 29.3 Å². The standard InChI is InChI=1S/C20H20ClN3O3S/c1-2-22-19(26)13-5-3-4-12(8-13)11-23-18(25)10-17-20(27)24-15-9-14(21)6-7-16(15)28-17/h3-9,17H,2,10-11H2,1H3,(H,22,26)(H,23,25)(H,24,27). The summed E-state index contributed by atoms with van der Waals surface area (Å²) in [6, 6.07) is 12.4. The predicted molar refractivity (Wildman–Crippen MR) is 111 cm³/mol. The minimum atomic E-state index is -0.504. The predicted octanol–water partition coefficient (Wildman–Crippen LogP) is 3.21. The first kappa shape index (κ1) is 20.2. The van der Waals surface area contributed by atoms with Crippen molar-refractivity contribution in [1.82, 2.24) is 10.6 Å². The molecule has 1 heterocycles. The molecule has 28 heavy (non-hydrogen) atoms. The average molecular weight is 418 g/mol. The molecule has 1 aliphatic heterocycles. The Morgan fingerprint density at radius 3 is 2.79 bits per heavy atom. The SMILES string of the molecule is CCNC(=O)c1cccc(CNC(=O)CC2Sc3ccc(Cl)cc3NC2=O)c1. The number of carbonyl (C=O) groups is 3. The molecule has 0 saturated carbocycles. The van der Waals surface area contributed by atoms with Gasteiger partial charge in [-0.3, -0.25) is 14.4 Å². The van der Waals surface area contributed by atoms with Gasteiger partial charge in [0.2, 0.25) is 11.8 Å². The maximum Gasteiger partial charge on any atom is 0.251 e. The number of carbonyl (C=O) groups excluding carboxylic acids is 3. The first-order chi connectivity index (χ1) is 13.5. The molecule has 0 fully saturated rings. The molecule has 2 aromatic carbocycles. The number of fused-ring (bicyclic) bond motifs is 1. The number of thioether (sulfide) groups is 1. The van der Waals surface area contributed by atoms with Crippen LogP contribution in [0.15, 0.2) is 47.4 Å². The van der Waals surface area contributed by atoms with Gasteiger partial charge in [0.25, 0.3) is 5.91 Å². The van der Waals surface area contributed by atoms with E-state index in [0.29, 0.717) is 22.8 Å². The molecule has 0 aromatic heterocycles. The van der Waals surface area contributed by atoms with Gasteiger partial charge in [0, 0.05) is 35.0 Å². The Morgan fingerprint density at radius 2 is 2.00 bits per heavy atom. The van der Waals surface area contributed by atoms with Gasteiger partial charge in [-0.15, -0.1) is 11.8 Å². The van der Waals surface area contributed by atoms with Crippen molar-refractivity contribution < 1.29 is 14.4 Å². The summed E-state index contributed by atoms with van der Waals surface area (Å²) in [6.45, 7) is 2.70. The smallest absolute Gasteiger partial charge is 0.251 e. The first-order valence-corrected chi connectivity index (χ1v) is 10.1. The molecule has 0 aliphatic carbocycles. The normalized spacial score (nSPS) is 15.4. The maximum atomic E-state index is 12.3. The molecule has 1 atom stereocenters. The third-order valence-electron chi connectivity index (χ3n) is 4.15. The van der Waals surface area contributed by atoms with Crippen molar-refractivity contribution in [2.24, 2.45) is 0 Å². The van der Waals surface area contributed by atoms with Crippen LogP contribution in [0.3, 0.4) is 0 Å². The lowest BCUT2D eigenvalue weighted by Crippen LogP contribution is -2.34. The Labute approximate surface area is 172 Å². The molecule has 3 amide bonds. The quantitative estimate of drug-likeness (QED) is 0.673. The van der Waals surface area contributed by atoms with E-state index in [0.717, 1.165) is 10.5 Å². The number of amides is 3. The maximum absolute atomic E-state index is 12.3. The van der Waals surface area contributed by atoms with Crippen LogP contribution < -0.4 is 16.0 Å². The van der Waals surface area contributed by atoms with Gasteiger partial charge in [0.05, 0.1) is 10.9 Å². The van der Waals surface area contributed by atoms with E-state index in [1.54, 1.807) is 30.3 Å². The molecule has 6 nitrogen and oxygen atoms in total. The van der Waals surface area contributed by atoms with Gasteiger partial charge in [-0.1, -0.05) is 23.7 Å². The van der Waals surface area contributed by atoms with Crippen LogP contribution in [-0.2, 0) is 16.1 Å². The van der Waals surface area contributed by atoms with Crippen molar-refractivity contribution in [1.29, 1.82) is 0 Å². The zero-order chi connectivity index (χ0) is 20.1. The molecule has 1 unspecified atom stereocenters. The molecule has 0 radical (unpaired) electrons. The summed E-state index contributed by atoms with van der Waals surface area (Å²) in [5.74, 6) is -0.591. The summed E-state index contributed by atoms with van der Waals surface area (Å²) in [7, 11) is 0. The second-order valence-electron chi connectivity index (χ2n) is 6.28. The number of anilines is 1. The highest BCUT2D eigenvalue weighted by Crippen LogP contribution is 2.38. The third-order valence-corrected chi connectivity index (χ3v) is 5.66. The highest BCUT2D eigenvalue weighted by Gasteiger charge is 2.29. The van der Waals surface area contributed by atoms with E-state index in [-0.39, 0.29) is 30.7 Å². The van der Waals surface area contributed by atoms with Gasteiger partial charge in [0.15, 0.2) is 0 Å². The van der Waals surface area contributed by atoms with Gasteiger partial charge in [0.1, 0.15) is 0 Å². The molecule has 0 spiro atoms. The zero-order valence-electron chi connectivity index (χ0n) is 15.3.